The molecule has 3 aromatic carbocycles. The number of thioether (sulfide) groups is 1. The van der Waals surface area contributed by atoms with Crippen LogP contribution < -0.4 is 5.56 Å². The molecule has 4 rings (SSSR count). The van der Waals surface area contributed by atoms with Crippen molar-refractivity contribution in [3.63, 3.8) is 0 Å². The van der Waals surface area contributed by atoms with Crippen molar-refractivity contribution in [2.75, 3.05) is 0 Å². The van der Waals surface area contributed by atoms with Gasteiger partial charge in [-0.1, -0.05) is 78.0 Å². The van der Waals surface area contributed by atoms with Crippen molar-refractivity contribution in [3.05, 3.63) is 105 Å². The van der Waals surface area contributed by atoms with Crippen LogP contribution in [0.1, 0.15) is 11.1 Å². The molecule has 0 unspecified atom stereocenters. The summed E-state index contributed by atoms with van der Waals surface area (Å²) in [7, 11) is 0. The highest BCUT2D eigenvalue weighted by molar-refractivity contribution is 7.98. The summed E-state index contributed by atoms with van der Waals surface area (Å²) in [6.07, 6.45) is 0.783. The molecule has 0 aliphatic heterocycles. The zero-order chi connectivity index (χ0) is 19.3. The van der Waals surface area contributed by atoms with E-state index in [-0.39, 0.29) is 5.56 Å². The van der Waals surface area contributed by atoms with Crippen LogP contribution in [0, 0.1) is 0 Å². The van der Waals surface area contributed by atoms with Crippen molar-refractivity contribution < 1.29 is 0 Å². The van der Waals surface area contributed by atoms with Gasteiger partial charge in [0.2, 0.25) is 0 Å². The smallest absolute Gasteiger partial charge is 0.262 e. The zero-order valence-corrected chi connectivity index (χ0v) is 16.8. The molecule has 140 valence electrons. The molecule has 0 spiro atoms. The van der Waals surface area contributed by atoms with E-state index >= 15 is 0 Å². The number of aromatic nitrogens is 2. The van der Waals surface area contributed by atoms with Crippen molar-refractivity contribution in [2.24, 2.45) is 0 Å². The topological polar surface area (TPSA) is 34.9 Å². The molecule has 0 bridgehead atoms. The Bertz CT molecular complexity index is 1160. The maximum Gasteiger partial charge on any atom is 0.262 e. The lowest BCUT2D eigenvalue weighted by Gasteiger charge is -2.13. The summed E-state index contributed by atoms with van der Waals surface area (Å²) >= 11 is 7.66. The second kappa shape index (κ2) is 8.63. The van der Waals surface area contributed by atoms with Gasteiger partial charge in [-0.2, -0.15) is 0 Å². The van der Waals surface area contributed by atoms with Gasteiger partial charge < -0.3 is 0 Å². The summed E-state index contributed by atoms with van der Waals surface area (Å²) in [5.41, 5.74) is 3.05. The fourth-order valence-corrected chi connectivity index (χ4v) is 4.30. The highest BCUT2D eigenvalue weighted by Crippen LogP contribution is 2.24. The quantitative estimate of drug-likeness (QED) is 0.309. The molecule has 5 heteroatoms. The van der Waals surface area contributed by atoms with Crippen molar-refractivity contribution in [2.45, 2.75) is 23.9 Å². The summed E-state index contributed by atoms with van der Waals surface area (Å²) in [6, 6.07) is 25.5. The second-order valence-corrected chi connectivity index (χ2v) is 7.90. The minimum absolute atomic E-state index is 0.00938. The number of halogens is 1. The second-order valence-electron chi connectivity index (χ2n) is 6.52. The van der Waals surface area contributed by atoms with E-state index in [1.165, 1.54) is 5.56 Å². The Morgan fingerprint density at radius 3 is 2.46 bits per heavy atom. The van der Waals surface area contributed by atoms with Crippen LogP contribution in [0.4, 0.5) is 0 Å². The van der Waals surface area contributed by atoms with E-state index in [9.17, 15) is 4.79 Å². The van der Waals surface area contributed by atoms with Gasteiger partial charge in [-0.25, -0.2) is 4.98 Å². The van der Waals surface area contributed by atoms with Crippen LogP contribution in [0.15, 0.2) is 88.8 Å². The lowest BCUT2D eigenvalue weighted by atomic mass is 10.1. The Morgan fingerprint density at radius 1 is 0.893 bits per heavy atom. The molecule has 0 radical (unpaired) electrons. The number of nitrogens with zero attached hydrogens (tertiary/aromatic N) is 2. The Labute approximate surface area is 173 Å². The Morgan fingerprint density at radius 2 is 1.64 bits per heavy atom. The molecule has 0 aliphatic rings. The van der Waals surface area contributed by atoms with Crippen LogP contribution in [0.2, 0.25) is 5.02 Å². The van der Waals surface area contributed by atoms with Gasteiger partial charge in [-0.3, -0.25) is 9.36 Å². The molecule has 0 aliphatic carbocycles. The van der Waals surface area contributed by atoms with Gasteiger partial charge in [0.25, 0.3) is 5.56 Å². The number of para-hydroxylation sites is 1. The molecule has 28 heavy (non-hydrogen) atoms. The van der Waals surface area contributed by atoms with Crippen LogP contribution in [-0.2, 0) is 18.7 Å². The standard InChI is InChI=1S/C23H19ClN2OS/c24-19-10-6-9-18(15-19)16-28-23-25-21-12-5-4-11-20(21)22(27)26(23)14-13-17-7-2-1-3-8-17/h1-12,15H,13-14,16H2. The highest BCUT2D eigenvalue weighted by Gasteiger charge is 2.12. The first-order valence-electron chi connectivity index (χ1n) is 9.11. The van der Waals surface area contributed by atoms with Crippen LogP contribution in [-0.4, -0.2) is 9.55 Å². The third-order valence-electron chi connectivity index (χ3n) is 4.55. The lowest BCUT2D eigenvalue weighted by Crippen LogP contribution is -2.24. The van der Waals surface area contributed by atoms with Crippen molar-refractivity contribution in [3.8, 4) is 0 Å². The Kier molecular flexibility index (Phi) is 5.79. The maximum atomic E-state index is 13.1. The van der Waals surface area contributed by atoms with E-state index in [4.69, 9.17) is 16.6 Å². The van der Waals surface area contributed by atoms with Crippen LogP contribution in [0.5, 0.6) is 0 Å². The van der Waals surface area contributed by atoms with E-state index < -0.39 is 0 Å². The Balaban J connectivity index is 1.67. The van der Waals surface area contributed by atoms with Crippen molar-refractivity contribution >= 4 is 34.3 Å². The molecular formula is C23H19ClN2OS. The number of aryl methyl sites for hydroxylation is 1. The third kappa shape index (κ3) is 4.29. The molecule has 4 aromatic rings. The monoisotopic (exact) mass is 406 g/mol. The van der Waals surface area contributed by atoms with Gasteiger partial charge in [-0.05, 0) is 41.8 Å². The van der Waals surface area contributed by atoms with Crippen LogP contribution >= 0.6 is 23.4 Å². The minimum atomic E-state index is 0.00938. The molecule has 1 aromatic heterocycles. The predicted octanol–water partition coefficient (Wildman–Crippen LogP) is 5.58. The molecule has 0 saturated heterocycles. The van der Waals surface area contributed by atoms with Crippen molar-refractivity contribution in [1.82, 2.24) is 9.55 Å². The maximum absolute atomic E-state index is 13.1. The summed E-state index contributed by atoms with van der Waals surface area (Å²) < 4.78 is 1.80. The number of rotatable bonds is 6. The van der Waals surface area contributed by atoms with Crippen molar-refractivity contribution in [1.29, 1.82) is 0 Å². The molecular weight excluding hydrogens is 388 g/mol. The normalized spacial score (nSPS) is 11.0. The number of hydrogen-bond donors (Lipinski definition) is 0. The number of hydrogen-bond acceptors (Lipinski definition) is 3. The molecule has 0 amide bonds. The van der Waals surface area contributed by atoms with Gasteiger partial charge in [0, 0.05) is 17.3 Å². The predicted molar refractivity (Wildman–Crippen MR) is 117 cm³/mol. The van der Waals surface area contributed by atoms with Gasteiger partial charge in [-0.15, -0.1) is 0 Å². The summed E-state index contributed by atoms with van der Waals surface area (Å²) in [5.74, 6) is 0.705. The first-order chi connectivity index (χ1) is 13.7. The summed E-state index contributed by atoms with van der Waals surface area (Å²) in [6.45, 7) is 0.596. The summed E-state index contributed by atoms with van der Waals surface area (Å²) in [4.78, 5) is 17.9. The Hall–Kier alpha value is -2.56. The highest BCUT2D eigenvalue weighted by atomic mass is 35.5. The molecule has 0 saturated carbocycles. The SMILES string of the molecule is O=c1c2ccccc2nc(SCc2cccc(Cl)c2)n1CCc1ccccc1. The van der Waals surface area contributed by atoms with E-state index in [1.807, 2.05) is 66.7 Å². The largest absolute Gasteiger partial charge is 0.287 e. The average Bonchev–Trinajstić information content (AvgIpc) is 2.72. The van der Waals surface area contributed by atoms with Crippen LogP contribution in [0.25, 0.3) is 10.9 Å². The molecule has 1 heterocycles. The molecule has 0 atom stereocenters. The summed E-state index contributed by atoms with van der Waals surface area (Å²) in [5, 5.41) is 2.10. The first-order valence-corrected chi connectivity index (χ1v) is 10.5. The molecule has 0 fully saturated rings. The fourth-order valence-electron chi connectivity index (χ4n) is 3.12. The fraction of sp³-hybridized carbons (Fsp3) is 0.130. The first kappa shape index (κ1) is 18.8. The van der Waals surface area contributed by atoms with E-state index in [2.05, 4.69) is 12.1 Å². The van der Waals surface area contributed by atoms with Crippen LogP contribution in [0.3, 0.4) is 0 Å². The van der Waals surface area contributed by atoms with E-state index in [0.717, 1.165) is 22.7 Å². The van der Waals surface area contributed by atoms with E-state index in [1.54, 1.807) is 16.3 Å². The molecule has 0 N–H and O–H groups in total. The minimum Gasteiger partial charge on any atom is -0.287 e. The zero-order valence-electron chi connectivity index (χ0n) is 15.2. The third-order valence-corrected chi connectivity index (χ3v) is 5.83. The van der Waals surface area contributed by atoms with Gasteiger partial charge in [0.1, 0.15) is 0 Å². The average molecular weight is 407 g/mol. The van der Waals surface area contributed by atoms with Gasteiger partial charge in [0.05, 0.1) is 10.9 Å². The van der Waals surface area contributed by atoms with E-state index in [0.29, 0.717) is 22.7 Å². The number of benzene rings is 3. The lowest BCUT2D eigenvalue weighted by molar-refractivity contribution is 0.595. The van der Waals surface area contributed by atoms with Gasteiger partial charge >= 0.3 is 0 Å². The van der Waals surface area contributed by atoms with Gasteiger partial charge in [0.15, 0.2) is 5.16 Å². The molecule has 3 nitrogen and oxygen atoms in total. The number of fused-ring (bicyclic) bond motifs is 1.